The first-order valence-corrected chi connectivity index (χ1v) is 7.16. The van der Waals surface area contributed by atoms with E-state index in [2.05, 4.69) is 0 Å². The van der Waals surface area contributed by atoms with Crippen molar-refractivity contribution in [1.82, 2.24) is 0 Å². The zero-order valence-corrected chi connectivity index (χ0v) is 12.4. The van der Waals surface area contributed by atoms with Crippen molar-refractivity contribution in [3.05, 3.63) is 0 Å². The van der Waals surface area contributed by atoms with Crippen molar-refractivity contribution in [2.75, 3.05) is 14.2 Å². The minimum atomic E-state index is -1.14. The number of ether oxygens (including phenoxy) is 3. The Kier molecular flexibility index (Phi) is 6.49. The fourth-order valence-corrected chi connectivity index (χ4v) is 4.20. The molecule has 3 aliphatic rings. The van der Waals surface area contributed by atoms with Crippen molar-refractivity contribution < 1.29 is 33.9 Å². The second-order valence-corrected chi connectivity index (χ2v) is 5.98. The normalized spacial score (nSPS) is 48.6. The Labute approximate surface area is 123 Å². The van der Waals surface area contributed by atoms with Gasteiger partial charge in [0, 0.05) is 14.2 Å². The second-order valence-electron chi connectivity index (χ2n) is 5.98. The largest absolute Gasteiger partial charge is 0.412 e. The number of fused-ring (bicyclic) bond motifs is 3. The summed E-state index contributed by atoms with van der Waals surface area (Å²) in [5.74, 6) is 0.282. The van der Waals surface area contributed by atoms with Gasteiger partial charge < -0.3 is 25.2 Å². The van der Waals surface area contributed by atoms with Crippen molar-refractivity contribution >= 4 is 0 Å². The lowest BCUT2D eigenvalue weighted by Crippen LogP contribution is -2.44. The molecule has 8 atom stereocenters. The van der Waals surface area contributed by atoms with E-state index in [4.69, 9.17) is 14.2 Å². The molecule has 0 aromatic rings. The molecule has 0 spiro atoms. The number of hydrogen-bond acceptors (Lipinski definition) is 3. The maximum atomic E-state index is 14.3. The van der Waals surface area contributed by atoms with E-state index in [-0.39, 0.29) is 22.8 Å². The molecule has 7 heteroatoms. The molecular weight excluding hydrogens is 286 g/mol. The van der Waals surface area contributed by atoms with Crippen LogP contribution >= 0.6 is 0 Å². The van der Waals surface area contributed by atoms with Gasteiger partial charge in [-0.1, -0.05) is 0 Å². The van der Waals surface area contributed by atoms with Crippen LogP contribution in [-0.4, -0.2) is 61.9 Å². The van der Waals surface area contributed by atoms with Crippen molar-refractivity contribution in [1.29, 1.82) is 0 Å². The van der Waals surface area contributed by atoms with Crippen molar-refractivity contribution in [2.45, 2.75) is 62.4 Å². The van der Waals surface area contributed by atoms with Gasteiger partial charge in [-0.25, -0.2) is 8.78 Å². The molecule has 0 aromatic carbocycles. The third-order valence-corrected chi connectivity index (χ3v) is 5.22. The summed E-state index contributed by atoms with van der Waals surface area (Å²) < 4.78 is 44.8. The number of halogens is 2. The van der Waals surface area contributed by atoms with E-state index in [1.165, 1.54) is 14.2 Å². The van der Waals surface area contributed by atoms with Crippen LogP contribution in [0, 0.1) is 11.8 Å². The van der Waals surface area contributed by atoms with E-state index in [0.717, 1.165) is 12.8 Å². The molecule has 8 unspecified atom stereocenters. The average Bonchev–Trinajstić information content (AvgIpc) is 2.80. The zero-order valence-electron chi connectivity index (χ0n) is 12.4. The average molecular weight is 312 g/mol. The molecule has 4 N–H and O–H groups in total. The van der Waals surface area contributed by atoms with Crippen molar-refractivity contribution in [2.24, 2.45) is 11.8 Å². The van der Waals surface area contributed by atoms with Gasteiger partial charge in [-0.05, 0) is 37.5 Å². The molecule has 0 aromatic heterocycles. The molecule has 1 heterocycles. The summed E-state index contributed by atoms with van der Waals surface area (Å²) in [7, 11) is 3.05. The van der Waals surface area contributed by atoms with Crippen LogP contribution in [0.2, 0.25) is 0 Å². The molecule has 3 rings (SSSR count). The van der Waals surface area contributed by atoms with Gasteiger partial charge >= 0.3 is 0 Å². The molecule has 0 bridgehead atoms. The van der Waals surface area contributed by atoms with E-state index < -0.39 is 36.8 Å². The van der Waals surface area contributed by atoms with E-state index in [1.807, 2.05) is 0 Å². The van der Waals surface area contributed by atoms with Crippen LogP contribution in [0.5, 0.6) is 0 Å². The van der Waals surface area contributed by atoms with E-state index >= 15 is 0 Å². The van der Waals surface area contributed by atoms with Crippen molar-refractivity contribution in [3.63, 3.8) is 0 Å². The highest BCUT2D eigenvalue weighted by molar-refractivity contribution is 5.04. The second kappa shape index (κ2) is 7.28. The topological polar surface area (TPSA) is 90.7 Å². The SMILES string of the molecule is COC1CCC2C3CCC(OC)C(F)C3OC2C1F.O.O. The molecule has 1 aliphatic heterocycles. The minimum absolute atomic E-state index is 0. The first kappa shape index (κ1) is 18.7. The summed E-state index contributed by atoms with van der Waals surface area (Å²) in [6, 6.07) is 0. The number of methoxy groups -OCH3 is 2. The smallest absolute Gasteiger partial charge is 0.152 e. The molecule has 0 amide bonds. The predicted molar refractivity (Wildman–Crippen MR) is 72.7 cm³/mol. The third kappa shape index (κ3) is 2.94. The monoisotopic (exact) mass is 312 g/mol. The molecule has 21 heavy (non-hydrogen) atoms. The summed E-state index contributed by atoms with van der Waals surface area (Å²) in [5, 5.41) is 0. The fraction of sp³-hybridized carbons (Fsp3) is 1.00. The van der Waals surface area contributed by atoms with Gasteiger partial charge in [0.05, 0.1) is 24.4 Å². The summed E-state index contributed by atoms with van der Waals surface area (Å²) >= 11 is 0. The summed E-state index contributed by atoms with van der Waals surface area (Å²) in [6.07, 6.45) is -0.929. The number of hydrogen-bond donors (Lipinski definition) is 0. The van der Waals surface area contributed by atoms with Gasteiger partial charge in [0.2, 0.25) is 0 Å². The Hall–Kier alpha value is -0.340. The lowest BCUT2D eigenvalue weighted by Gasteiger charge is -2.36. The Morgan fingerprint density at radius 3 is 1.48 bits per heavy atom. The quantitative estimate of drug-likeness (QED) is 0.749. The highest BCUT2D eigenvalue weighted by Crippen LogP contribution is 2.49. The molecule has 2 aliphatic carbocycles. The van der Waals surface area contributed by atoms with E-state index in [0.29, 0.717) is 12.8 Å². The lowest BCUT2D eigenvalue weighted by molar-refractivity contribution is -0.124. The molecule has 2 saturated carbocycles. The summed E-state index contributed by atoms with van der Waals surface area (Å²) in [6.45, 7) is 0. The van der Waals surface area contributed by atoms with Crippen LogP contribution < -0.4 is 0 Å². The van der Waals surface area contributed by atoms with Gasteiger partial charge in [-0.3, -0.25) is 0 Å². The van der Waals surface area contributed by atoms with Crippen LogP contribution in [0.1, 0.15) is 25.7 Å². The van der Waals surface area contributed by atoms with Crippen LogP contribution in [0.3, 0.4) is 0 Å². The first-order valence-electron chi connectivity index (χ1n) is 7.16. The molecule has 126 valence electrons. The maximum Gasteiger partial charge on any atom is 0.152 e. The Balaban J connectivity index is 0.00000110. The van der Waals surface area contributed by atoms with E-state index in [9.17, 15) is 8.78 Å². The highest BCUT2D eigenvalue weighted by Gasteiger charge is 2.57. The molecule has 3 fully saturated rings. The van der Waals surface area contributed by atoms with Crippen LogP contribution in [-0.2, 0) is 14.2 Å². The standard InChI is InChI=1S/C14H22F2O3.2H2O/c1-17-9-5-3-7-8-4-6-10(18-2)12(16)14(8)19-13(7)11(9)15;;/h7-14H,3-6H2,1-2H3;2*1H2. The first-order chi connectivity index (χ1) is 9.17. The Morgan fingerprint density at radius 2 is 1.14 bits per heavy atom. The number of rotatable bonds is 2. The summed E-state index contributed by atoms with van der Waals surface area (Å²) in [5.41, 5.74) is 0. The number of alkyl halides is 2. The van der Waals surface area contributed by atoms with Crippen molar-refractivity contribution in [3.8, 4) is 0 Å². The zero-order chi connectivity index (χ0) is 13.6. The van der Waals surface area contributed by atoms with Gasteiger partial charge in [0.25, 0.3) is 0 Å². The lowest BCUT2D eigenvalue weighted by atomic mass is 9.71. The van der Waals surface area contributed by atoms with E-state index in [1.54, 1.807) is 0 Å². The highest BCUT2D eigenvalue weighted by atomic mass is 19.1. The maximum absolute atomic E-state index is 14.3. The minimum Gasteiger partial charge on any atom is -0.412 e. The van der Waals surface area contributed by atoms with Gasteiger partial charge in [0.1, 0.15) is 0 Å². The molecule has 5 nitrogen and oxygen atoms in total. The Bertz CT molecular complexity index is 302. The Morgan fingerprint density at radius 1 is 0.762 bits per heavy atom. The predicted octanol–water partition coefficient (Wildman–Crippen LogP) is 0.631. The molecular formula is C14H26F2O5. The van der Waals surface area contributed by atoms with Crippen LogP contribution in [0.4, 0.5) is 8.78 Å². The van der Waals surface area contributed by atoms with Gasteiger partial charge in [-0.2, -0.15) is 0 Å². The van der Waals surface area contributed by atoms with Crippen LogP contribution in [0.15, 0.2) is 0 Å². The molecule has 0 radical (unpaired) electrons. The van der Waals surface area contributed by atoms with Gasteiger partial charge in [-0.15, -0.1) is 0 Å². The fourth-order valence-electron chi connectivity index (χ4n) is 4.20. The molecule has 1 saturated heterocycles. The summed E-state index contributed by atoms with van der Waals surface area (Å²) in [4.78, 5) is 0. The van der Waals surface area contributed by atoms with Crippen LogP contribution in [0.25, 0.3) is 0 Å². The van der Waals surface area contributed by atoms with Gasteiger partial charge in [0.15, 0.2) is 12.3 Å². The third-order valence-electron chi connectivity index (χ3n) is 5.22.